The van der Waals surface area contributed by atoms with Crippen LogP contribution in [0.15, 0.2) is 35.1 Å². The van der Waals surface area contributed by atoms with E-state index in [1.807, 2.05) is 32.0 Å². The van der Waals surface area contributed by atoms with Crippen LogP contribution in [-0.4, -0.2) is 48.4 Å². The van der Waals surface area contributed by atoms with Gasteiger partial charge < -0.3 is 19.5 Å². The van der Waals surface area contributed by atoms with Crippen molar-refractivity contribution in [3.8, 4) is 17.3 Å². The van der Waals surface area contributed by atoms with Gasteiger partial charge in [0.25, 0.3) is 0 Å². The molecule has 0 aromatic carbocycles. The number of H-pyrrole nitrogens is 1. The van der Waals surface area contributed by atoms with E-state index in [0.29, 0.717) is 41.5 Å². The van der Waals surface area contributed by atoms with Gasteiger partial charge in [-0.25, -0.2) is 15.0 Å². The highest BCUT2D eigenvalue weighted by Gasteiger charge is 2.35. The molecule has 5 rings (SSSR count). The maximum absolute atomic E-state index is 5.69. The molecule has 0 spiro atoms. The van der Waals surface area contributed by atoms with E-state index in [1.54, 1.807) is 12.4 Å². The Morgan fingerprint density at radius 3 is 2.76 bits per heavy atom. The summed E-state index contributed by atoms with van der Waals surface area (Å²) in [5.41, 5.74) is 3.07. The highest BCUT2D eigenvalue weighted by molar-refractivity contribution is 5.60. The summed E-state index contributed by atoms with van der Waals surface area (Å²) in [4.78, 5) is 20.2. The highest BCUT2D eigenvalue weighted by Crippen LogP contribution is 2.38. The molecule has 33 heavy (non-hydrogen) atoms. The van der Waals surface area contributed by atoms with Crippen molar-refractivity contribution in [1.29, 1.82) is 0 Å². The molecule has 4 aromatic rings. The summed E-state index contributed by atoms with van der Waals surface area (Å²) in [5, 5.41) is 14.6. The first kappa shape index (κ1) is 20.9. The zero-order chi connectivity index (χ0) is 22.8. The average Bonchev–Trinajstić information content (AvgIpc) is 3.42. The molecule has 0 saturated carbocycles. The third-order valence-electron chi connectivity index (χ3n) is 5.41. The van der Waals surface area contributed by atoms with Crippen molar-refractivity contribution in [2.45, 2.75) is 39.7 Å². The predicted molar refractivity (Wildman–Crippen MR) is 121 cm³/mol. The third kappa shape index (κ3) is 4.21. The summed E-state index contributed by atoms with van der Waals surface area (Å²) in [6.07, 6.45) is 4.91. The maximum atomic E-state index is 5.69. The van der Waals surface area contributed by atoms with Crippen LogP contribution in [0.25, 0.3) is 11.4 Å². The molecule has 1 atom stereocenters. The van der Waals surface area contributed by atoms with Crippen LogP contribution in [0.1, 0.15) is 43.5 Å². The second kappa shape index (κ2) is 8.85. The Morgan fingerprint density at radius 1 is 1.15 bits per heavy atom. The maximum Gasteiger partial charge on any atom is 0.242 e. The molecule has 1 saturated heterocycles. The van der Waals surface area contributed by atoms with Gasteiger partial charge in [-0.2, -0.15) is 10.1 Å². The van der Waals surface area contributed by atoms with E-state index in [0.717, 1.165) is 36.5 Å². The van der Waals surface area contributed by atoms with E-state index in [1.165, 1.54) is 0 Å². The van der Waals surface area contributed by atoms with Crippen molar-refractivity contribution in [2.75, 3.05) is 23.4 Å². The summed E-state index contributed by atoms with van der Waals surface area (Å²) in [6, 6.07) is 5.75. The number of anilines is 3. The third-order valence-corrected chi connectivity index (χ3v) is 5.41. The average molecular weight is 448 g/mol. The van der Waals surface area contributed by atoms with E-state index < -0.39 is 0 Å². The minimum atomic E-state index is -0.00829. The minimum Gasteiger partial charge on any atom is -0.476 e. The minimum absolute atomic E-state index is 0.00829. The van der Waals surface area contributed by atoms with Gasteiger partial charge in [0.1, 0.15) is 11.5 Å². The van der Waals surface area contributed by atoms with Crippen LogP contribution in [0.3, 0.4) is 0 Å². The van der Waals surface area contributed by atoms with Crippen molar-refractivity contribution in [3.63, 3.8) is 0 Å². The van der Waals surface area contributed by atoms with Crippen molar-refractivity contribution in [1.82, 2.24) is 35.3 Å². The van der Waals surface area contributed by atoms with E-state index in [4.69, 9.17) is 19.2 Å². The standard InChI is InChI=1S/C22H25N9O2/c1-4-14-11-18(26-19-10-13(3)28-29-19)27-22(25-14)31-9-6-16(31)17-12-15(30-33-17)20-21(32-5-2)24-8-7-23-20/h7-8,10-12,16H,4-6,9H2,1-3H3,(H2,25,26,27,28,29). The number of nitrogens with zero attached hydrogens (tertiary/aromatic N) is 7. The largest absolute Gasteiger partial charge is 0.476 e. The number of hydrogen-bond donors (Lipinski definition) is 2. The quantitative estimate of drug-likeness (QED) is 0.413. The van der Waals surface area contributed by atoms with Gasteiger partial charge >= 0.3 is 0 Å². The molecule has 5 heterocycles. The van der Waals surface area contributed by atoms with Gasteiger partial charge in [-0.15, -0.1) is 0 Å². The van der Waals surface area contributed by atoms with E-state index in [-0.39, 0.29) is 6.04 Å². The second-order valence-corrected chi connectivity index (χ2v) is 7.71. The number of rotatable bonds is 8. The number of ether oxygens (including phenoxy) is 1. The monoisotopic (exact) mass is 447 g/mol. The van der Waals surface area contributed by atoms with Gasteiger partial charge in [0.2, 0.25) is 11.8 Å². The smallest absolute Gasteiger partial charge is 0.242 e. The first-order chi connectivity index (χ1) is 16.1. The van der Waals surface area contributed by atoms with Crippen LogP contribution in [0, 0.1) is 6.92 Å². The molecule has 2 N–H and O–H groups in total. The number of aryl methyl sites for hydroxylation is 2. The van der Waals surface area contributed by atoms with E-state index in [2.05, 4.69) is 42.5 Å². The van der Waals surface area contributed by atoms with Gasteiger partial charge in [-0.1, -0.05) is 12.1 Å². The Bertz CT molecular complexity index is 1250. The lowest BCUT2D eigenvalue weighted by Gasteiger charge is -2.39. The van der Waals surface area contributed by atoms with Gasteiger partial charge in [0.05, 0.1) is 12.6 Å². The molecule has 1 aliphatic heterocycles. The van der Waals surface area contributed by atoms with Gasteiger partial charge in [-0.05, 0) is 26.7 Å². The molecule has 0 radical (unpaired) electrons. The van der Waals surface area contributed by atoms with Crippen molar-refractivity contribution in [2.24, 2.45) is 0 Å². The summed E-state index contributed by atoms with van der Waals surface area (Å²) < 4.78 is 11.3. The van der Waals surface area contributed by atoms with Crippen molar-refractivity contribution >= 4 is 17.6 Å². The second-order valence-electron chi connectivity index (χ2n) is 7.71. The molecular formula is C22H25N9O2. The summed E-state index contributed by atoms with van der Waals surface area (Å²) in [5.74, 6) is 3.23. The zero-order valence-corrected chi connectivity index (χ0v) is 18.7. The lowest BCUT2D eigenvalue weighted by molar-refractivity contribution is 0.314. The Morgan fingerprint density at radius 2 is 2.03 bits per heavy atom. The molecule has 1 unspecified atom stereocenters. The molecule has 0 bridgehead atoms. The van der Waals surface area contributed by atoms with Crippen LogP contribution < -0.4 is 15.0 Å². The Balaban J connectivity index is 1.40. The van der Waals surface area contributed by atoms with Crippen molar-refractivity contribution < 1.29 is 9.26 Å². The molecule has 11 heteroatoms. The van der Waals surface area contributed by atoms with Gasteiger partial charge in [0, 0.05) is 48.5 Å². The molecule has 4 aromatic heterocycles. The van der Waals surface area contributed by atoms with E-state index >= 15 is 0 Å². The van der Waals surface area contributed by atoms with Gasteiger partial charge in [-0.3, -0.25) is 5.10 Å². The zero-order valence-electron chi connectivity index (χ0n) is 18.7. The fraction of sp³-hybridized carbons (Fsp3) is 0.364. The van der Waals surface area contributed by atoms with Crippen molar-refractivity contribution in [3.05, 3.63) is 47.7 Å². The lowest BCUT2D eigenvalue weighted by Crippen LogP contribution is -2.42. The number of aromatic amines is 1. The Hall–Kier alpha value is -4.02. The van der Waals surface area contributed by atoms with Crippen LogP contribution in [0.5, 0.6) is 5.88 Å². The van der Waals surface area contributed by atoms with Crippen LogP contribution in [0.4, 0.5) is 17.6 Å². The number of hydrogen-bond acceptors (Lipinski definition) is 10. The first-order valence-corrected chi connectivity index (χ1v) is 11.0. The summed E-state index contributed by atoms with van der Waals surface area (Å²) in [6.45, 7) is 7.24. The molecule has 1 fully saturated rings. The summed E-state index contributed by atoms with van der Waals surface area (Å²) in [7, 11) is 0. The van der Waals surface area contributed by atoms with Gasteiger partial charge in [0.15, 0.2) is 17.3 Å². The molecule has 1 aliphatic rings. The van der Waals surface area contributed by atoms with E-state index in [9.17, 15) is 0 Å². The topological polar surface area (TPSA) is 131 Å². The normalized spacial score (nSPS) is 15.4. The number of aromatic nitrogens is 7. The highest BCUT2D eigenvalue weighted by atomic mass is 16.5. The molecular weight excluding hydrogens is 422 g/mol. The molecule has 170 valence electrons. The van der Waals surface area contributed by atoms with Crippen LogP contribution in [0.2, 0.25) is 0 Å². The first-order valence-electron chi connectivity index (χ1n) is 11.0. The fourth-order valence-electron chi connectivity index (χ4n) is 3.69. The predicted octanol–water partition coefficient (Wildman–Crippen LogP) is 3.61. The SMILES string of the molecule is CCOc1nccnc1-c1cc(C2CCN2c2nc(CC)cc(Nc3cc(C)[nH]n3)n2)on1. The van der Waals surface area contributed by atoms with Crippen LogP contribution >= 0.6 is 0 Å². The molecule has 0 aliphatic carbocycles. The molecule has 11 nitrogen and oxygen atoms in total. The fourth-order valence-corrected chi connectivity index (χ4v) is 3.69. The van der Waals surface area contributed by atoms with Crippen LogP contribution in [-0.2, 0) is 6.42 Å². The lowest BCUT2D eigenvalue weighted by atomic mass is 10.0. The Kier molecular flexibility index (Phi) is 5.59. The number of nitrogens with one attached hydrogen (secondary N) is 2. The molecule has 0 amide bonds. The summed E-state index contributed by atoms with van der Waals surface area (Å²) >= 11 is 0. The Labute approximate surface area is 190 Å².